The highest BCUT2D eigenvalue weighted by Crippen LogP contribution is 2.21. The zero-order valence-corrected chi connectivity index (χ0v) is 10.3. The molecule has 1 amide bonds. The maximum Gasteiger partial charge on any atom is 0.252 e. The number of carbonyl (C=O) groups is 1. The number of anilines is 1. The van der Waals surface area contributed by atoms with Gasteiger partial charge in [0.25, 0.3) is 5.91 Å². The van der Waals surface area contributed by atoms with Gasteiger partial charge in [-0.2, -0.15) is 0 Å². The van der Waals surface area contributed by atoms with E-state index in [4.69, 9.17) is 16.2 Å². The van der Waals surface area contributed by atoms with Crippen LogP contribution in [0, 0.1) is 0 Å². The van der Waals surface area contributed by atoms with Crippen molar-refractivity contribution < 1.29 is 9.53 Å². The van der Waals surface area contributed by atoms with Crippen LogP contribution in [0.25, 0.3) is 0 Å². The van der Waals surface area contributed by atoms with Crippen LogP contribution in [-0.4, -0.2) is 38.1 Å². The zero-order chi connectivity index (χ0) is 12.8. The number of rotatable bonds is 6. The molecule has 0 aliphatic rings. The van der Waals surface area contributed by atoms with E-state index in [1.54, 1.807) is 12.1 Å². The Morgan fingerprint density at radius 3 is 2.71 bits per heavy atom. The highest BCUT2D eigenvalue weighted by atomic mass is 16.5. The molecule has 5 heteroatoms. The maximum atomic E-state index is 11.2. The number of amides is 1. The predicted molar refractivity (Wildman–Crippen MR) is 68.0 cm³/mol. The zero-order valence-electron chi connectivity index (χ0n) is 10.3. The van der Waals surface area contributed by atoms with Crippen LogP contribution >= 0.6 is 0 Å². The third-order valence-electron chi connectivity index (χ3n) is 2.28. The molecule has 1 aromatic rings. The first-order valence-corrected chi connectivity index (χ1v) is 5.47. The molecule has 4 N–H and O–H groups in total. The first kappa shape index (κ1) is 13.3. The number of nitrogens with zero attached hydrogens (tertiary/aromatic N) is 1. The molecule has 0 aliphatic carbocycles. The van der Waals surface area contributed by atoms with Crippen LogP contribution < -0.4 is 16.2 Å². The van der Waals surface area contributed by atoms with Gasteiger partial charge in [-0.25, -0.2) is 0 Å². The van der Waals surface area contributed by atoms with E-state index in [9.17, 15) is 4.79 Å². The van der Waals surface area contributed by atoms with Crippen molar-refractivity contribution in [2.24, 2.45) is 5.73 Å². The highest BCUT2D eigenvalue weighted by molar-refractivity contribution is 5.96. The van der Waals surface area contributed by atoms with E-state index in [0.29, 0.717) is 23.6 Å². The van der Waals surface area contributed by atoms with Crippen molar-refractivity contribution in [3.63, 3.8) is 0 Å². The monoisotopic (exact) mass is 237 g/mol. The largest absolute Gasteiger partial charge is 0.493 e. The number of benzene rings is 1. The first-order chi connectivity index (χ1) is 8.00. The van der Waals surface area contributed by atoms with Crippen LogP contribution in [0.15, 0.2) is 18.2 Å². The Labute approximate surface area is 101 Å². The summed E-state index contributed by atoms with van der Waals surface area (Å²) < 4.78 is 5.52. The van der Waals surface area contributed by atoms with Crippen LogP contribution in [0.3, 0.4) is 0 Å². The lowest BCUT2D eigenvalue weighted by atomic mass is 10.1. The van der Waals surface area contributed by atoms with Gasteiger partial charge in [-0.15, -0.1) is 0 Å². The SMILES string of the molecule is CN(C)CCCOc1ccc(N)cc1C(N)=O. The minimum atomic E-state index is -0.528. The van der Waals surface area contributed by atoms with Gasteiger partial charge in [-0.1, -0.05) is 0 Å². The van der Waals surface area contributed by atoms with Gasteiger partial charge < -0.3 is 21.1 Å². The first-order valence-electron chi connectivity index (χ1n) is 5.47. The summed E-state index contributed by atoms with van der Waals surface area (Å²) in [7, 11) is 4.00. The van der Waals surface area contributed by atoms with Crippen LogP contribution in [-0.2, 0) is 0 Å². The lowest BCUT2D eigenvalue weighted by Crippen LogP contribution is -2.17. The molecule has 94 valence electrons. The smallest absolute Gasteiger partial charge is 0.252 e. The van der Waals surface area contributed by atoms with Crippen molar-refractivity contribution in [3.8, 4) is 5.75 Å². The molecule has 0 unspecified atom stereocenters. The van der Waals surface area contributed by atoms with Crippen LogP contribution in [0.2, 0.25) is 0 Å². The van der Waals surface area contributed by atoms with Gasteiger partial charge in [0.15, 0.2) is 0 Å². The minimum Gasteiger partial charge on any atom is -0.493 e. The summed E-state index contributed by atoms with van der Waals surface area (Å²) >= 11 is 0. The van der Waals surface area contributed by atoms with Gasteiger partial charge in [-0.05, 0) is 38.7 Å². The number of nitrogen functional groups attached to an aromatic ring is 1. The lowest BCUT2D eigenvalue weighted by molar-refractivity contribution is 0.0996. The fourth-order valence-electron chi connectivity index (χ4n) is 1.43. The standard InChI is InChI=1S/C12H19N3O2/c1-15(2)6-3-7-17-11-5-4-9(13)8-10(11)12(14)16/h4-5,8H,3,6-7,13H2,1-2H3,(H2,14,16). The van der Waals surface area contributed by atoms with Gasteiger partial charge in [0.2, 0.25) is 0 Å². The van der Waals surface area contributed by atoms with Gasteiger partial charge in [-0.3, -0.25) is 4.79 Å². The van der Waals surface area contributed by atoms with E-state index in [0.717, 1.165) is 13.0 Å². The summed E-state index contributed by atoms with van der Waals surface area (Å²) in [5.41, 5.74) is 11.7. The second-order valence-electron chi connectivity index (χ2n) is 4.13. The molecule has 0 aliphatic heterocycles. The van der Waals surface area contributed by atoms with Crippen molar-refractivity contribution in [1.29, 1.82) is 0 Å². The quantitative estimate of drug-likeness (QED) is 0.563. The number of primary amides is 1. The molecule has 0 fully saturated rings. The number of carbonyl (C=O) groups excluding carboxylic acids is 1. The molecule has 0 atom stereocenters. The van der Waals surface area contributed by atoms with Gasteiger partial charge >= 0.3 is 0 Å². The van der Waals surface area contributed by atoms with Crippen LogP contribution in [0.5, 0.6) is 5.75 Å². The Morgan fingerprint density at radius 2 is 2.12 bits per heavy atom. The average Bonchev–Trinajstić information content (AvgIpc) is 2.25. The number of hydrogen-bond donors (Lipinski definition) is 2. The Hall–Kier alpha value is -1.75. The third kappa shape index (κ3) is 4.32. The van der Waals surface area contributed by atoms with E-state index in [1.807, 2.05) is 14.1 Å². The van der Waals surface area contributed by atoms with Gasteiger partial charge in [0.1, 0.15) is 5.75 Å². The average molecular weight is 237 g/mol. The second kappa shape index (κ2) is 6.10. The van der Waals surface area contributed by atoms with Crippen LogP contribution in [0.1, 0.15) is 16.8 Å². The normalized spacial score (nSPS) is 10.5. The summed E-state index contributed by atoms with van der Waals surface area (Å²) in [6.45, 7) is 1.48. The Kier molecular flexibility index (Phi) is 4.78. The van der Waals surface area contributed by atoms with E-state index < -0.39 is 5.91 Å². The minimum absolute atomic E-state index is 0.329. The topological polar surface area (TPSA) is 81.6 Å². The fraction of sp³-hybridized carbons (Fsp3) is 0.417. The third-order valence-corrected chi connectivity index (χ3v) is 2.28. The van der Waals surface area contributed by atoms with E-state index in [1.165, 1.54) is 6.07 Å². The molecule has 0 radical (unpaired) electrons. The summed E-state index contributed by atoms with van der Waals surface area (Å²) in [5, 5.41) is 0. The summed E-state index contributed by atoms with van der Waals surface area (Å²) in [6, 6.07) is 4.89. The van der Waals surface area contributed by atoms with Crippen LogP contribution in [0.4, 0.5) is 5.69 Å². The van der Waals surface area contributed by atoms with Gasteiger partial charge in [0.05, 0.1) is 12.2 Å². The number of ether oxygens (including phenoxy) is 1. The van der Waals surface area contributed by atoms with Crippen molar-refractivity contribution in [3.05, 3.63) is 23.8 Å². The molecule has 0 heterocycles. The fourth-order valence-corrected chi connectivity index (χ4v) is 1.43. The molecule has 0 spiro atoms. The Bertz CT molecular complexity index is 391. The Morgan fingerprint density at radius 1 is 1.41 bits per heavy atom. The predicted octanol–water partition coefficient (Wildman–Crippen LogP) is 0.698. The van der Waals surface area contributed by atoms with E-state index >= 15 is 0 Å². The number of nitrogens with two attached hydrogens (primary N) is 2. The molecule has 0 aromatic heterocycles. The molecule has 1 rings (SSSR count). The molecule has 17 heavy (non-hydrogen) atoms. The summed E-state index contributed by atoms with van der Waals surface area (Å²) in [6.07, 6.45) is 0.885. The molecule has 0 saturated heterocycles. The highest BCUT2D eigenvalue weighted by Gasteiger charge is 2.09. The van der Waals surface area contributed by atoms with Crippen molar-refractivity contribution >= 4 is 11.6 Å². The van der Waals surface area contributed by atoms with E-state index in [-0.39, 0.29) is 0 Å². The molecule has 0 bridgehead atoms. The summed E-state index contributed by atoms with van der Waals surface area (Å²) in [5.74, 6) is -0.0367. The lowest BCUT2D eigenvalue weighted by Gasteiger charge is -2.12. The van der Waals surface area contributed by atoms with Crippen molar-refractivity contribution in [2.45, 2.75) is 6.42 Å². The van der Waals surface area contributed by atoms with Gasteiger partial charge in [0, 0.05) is 12.2 Å². The molecular weight excluding hydrogens is 218 g/mol. The molecule has 5 nitrogen and oxygen atoms in total. The molecular formula is C12H19N3O2. The Balaban J connectivity index is 2.61. The number of hydrogen-bond acceptors (Lipinski definition) is 4. The van der Waals surface area contributed by atoms with Crippen molar-refractivity contribution in [2.75, 3.05) is 33.0 Å². The van der Waals surface area contributed by atoms with E-state index in [2.05, 4.69) is 4.90 Å². The maximum absolute atomic E-state index is 11.2. The second-order valence-corrected chi connectivity index (χ2v) is 4.13. The summed E-state index contributed by atoms with van der Waals surface area (Å²) in [4.78, 5) is 13.3. The molecule has 1 aromatic carbocycles. The van der Waals surface area contributed by atoms with Crippen molar-refractivity contribution in [1.82, 2.24) is 4.90 Å². The molecule has 0 saturated carbocycles.